The van der Waals surface area contributed by atoms with Gasteiger partial charge in [0.25, 0.3) is 0 Å². The molecule has 4 heterocycles. The van der Waals surface area contributed by atoms with Gasteiger partial charge in [-0.05, 0) is 204 Å². The normalized spacial score (nSPS) is 12.2. The van der Waals surface area contributed by atoms with Crippen molar-refractivity contribution >= 4 is 86.7 Å². The second-order valence-electron chi connectivity index (χ2n) is 26.8. The summed E-state index contributed by atoms with van der Waals surface area (Å²) in [6, 6.07) is 91.1. The van der Waals surface area contributed by atoms with Crippen LogP contribution in [0.15, 0.2) is 243 Å². The van der Waals surface area contributed by atoms with E-state index in [0.29, 0.717) is 23.7 Å². The minimum atomic E-state index is 0. The Morgan fingerprint density at radius 1 is 0.237 bits per heavy atom. The molecule has 0 saturated carbocycles. The van der Waals surface area contributed by atoms with Gasteiger partial charge in [0.15, 0.2) is 0 Å². The Kier molecular flexibility index (Phi) is 14.2. The fourth-order valence-electron chi connectivity index (χ4n) is 14.7. The Labute approximate surface area is 556 Å². The zero-order valence-electron chi connectivity index (χ0n) is 53.5. The molecule has 17 rings (SSSR count). The van der Waals surface area contributed by atoms with Gasteiger partial charge in [-0.1, -0.05) is 250 Å². The molecule has 0 radical (unpaired) electrons. The third kappa shape index (κ3) is 9.58. The maximum absolute atomic E-state index is 6.29. The summed E-state index contributed by atoms with van der Waals surface area (Å²) < 4.78 is 0. The topological polar surface area (TPSA) is 54.0 Å². The molecule has 4 nitrogen and oxygen atoms in total. The molecule has 12 aromatic carbocycles. The van der Waals surface area contributed by atoms with Gasteiger partial charge in [-0.15, -0.1) is 22.1 Å². The number of rotatable bonds is 8. The largest absolute Gasteiger partial charge is 2.00 e. The van der Waals surface area contributed by atoms with Crippen LogP contribution < -0.4 is 9.97 Å². The molecule has 93 heavy (non-hydrogen) atoms. The molecule has 5 heteroatoms. The predicted octanol–water partition coefficient (Wildman–Crippen LogP) is 24.3. The summed E-state index contributed by atoms with van der Waals surface area (Å²) in [5.41, 5.74) is 24.2. The number of fused-ring (bicyclic) bond motifs is 4. The Balaban J connectivity index is 0.00000686. The molecule has 0 N–H and O–H groups in total. The van der Waals surface area contributed by atoms with Crippen LogP contribution >= 0.6 is 0 Å². The molecular weight excluding hydrogens is 1220 g/mol. The van der Waals surface area contributed by atoms with E-state index in [9.17, 15) is 0 Å². The van der Waals surface area contributed by atoms with E-state index in [2.05, 4.69) is 298 Å². The van der Waals surface area contributed by atoms with Crippen molar-refractivity contribution in [2.45, 2.75) is 79.1 Å². The van der Waals surface area contributed by atoms with Crippen molar-refractivity contribution in [2.24, 2.45) is 0 Å². The SMILES string of the molecule is CC(C)c1ccc(-c2c3nc(c(-c4ccc(C(C)C)cc4)c4[n-]c(c(-c5ccc(C(C)C)cc5)c5nc(c(-c6ccc(C(C)C)cc6)c6[n-]c2c2cc7ccccc7cc62)-c2cc6ccccc6cc2-5)c2cc5ccccc5cc42)-c2cc4ccccc4cc2-3)cc1.[Pd+2]. The first-order valence-electron chi connectivity index (χ1n) is 32.8. The molecule has 0 fully saturated rings. The molecule has 2 aromatic heterocycles. The second kappa shape index (κ2) is 22.7. The first kappa shape index (κ1) is 58.1. The molecule has 450 valence electrons. The number of hydrogen-bond donors (Lipinski definition) is 0. The average molecular weight is 1290 g/mol. The zero-order valence-corrected chi connectivity index (χ0v) is 55.1. The number of hydrogen-bond acceptors (Lipinski definition) is 2. The second-order valence-corrected chi connectivity index (χ2v) is 26.8. The van der Waals surface area contributed by atoms with Gasteiger partial charge < -0.3 is 9.97 Å². The first-order valence-corrected chi connectivity index (χ1v) is 32.8. The Bertz CT molecular complexity index is 5030. The molecule has 0 amide bonds. The van der Waals surface area contributed by atoms with Gasteiger partial charge in [-0.3, -0.25) is 0 Å². The van der Waals surface area contributed by atoms with E-state index < -0.39 is 0 Å². The Morgan fingerprint density at radius 2 is 0.419 bits per heavy atom. The van der Waals surface area contributed by atoms with Crippen molar-refractivity contribution in [1.82, 2.24) is 19.9 Å². The summed E-state index contributed by atoms with van der Waals surface area (Å²) in [6.07, 6.45) is 0. The Morgan fingerprint density at radius 3 is 0.602 bits per heavy atom. The van der Waals surface area contributed by atoms with Gasteiger partial charge in [0.1, 0.15) is 0 Å². The molecule has 3 aliphatic rings. The molecule has 0 atom stereocenters. The molecule has 0 saturated heterocycles. The summed E-state index contributed by atoms with van der Waals surface area (Å²) >= 11 is 0. The van der Waals surface area contributed by atoms with Crippen LogP contribution in [0.3, 0.4) is 0 Å². The van der Waals surface area contributed by atoms with Crippen LogP contribution in [0.25, 0.3) is 176 Å². The monoisotopic (exact) mass is 1290 g/mol. The summed E-state index contributed by atoms with van der Waals surface area (Å²) in [6.45, 7) is 18.2. The summed E-state index contributed by atoms with van der Waals surface area (Å²) in [5, 5.41) is 13.3. The third-order valence-corrected chi connectivity index (χ3v) is 19.8. The van der Waals surface area contributed by atoms with Crippen LogP contribution in [0.4, 0.5) is 0 Å². The van der Waals surface area contributed by atoms with Crippen molar-refractivity contribution in [2.75, 3.05) is 0 Å². The molecule has 14 aromatic rings. The van der Waals surface area contributed by atoms with Gasteiger partial charge in [0, 0.05) is 22.3 Å². The molecule has 8 bridgehead atoms. The molecule has 0 spiro atoms. The van der Waals surface area contributed by atoms with E-state index >= 15 is 0 Å². The van der Waals surface area contributed by atoms with E-state index in [1.54, 1.807) is 0 Å². The van der Waals surface area contributed by atoms with E-state index in [-0.39, 0.29) is 20.4 Å². The van der Waals surface area contributed by atoms with E-state index in [4.69, 9.17) is 19.9 Å². The van der Waals surface area contributed by atoms with Crippen molar-refractivity contribution in [3.8, 4) is 89.5 Å². The molecule has 1 aliphatic carbocycles. The van der Waals surface area contributed by atoms with Gasteiger partial charge in [0.2, 0.25) is 0 Å². The van der Waals surface area contributed by atoms with E-state index in [0.717, 1.165) is 176 Å². The molecule has 2 aliphatic heterocycles. The summed E-state index contributed by atoms with van der Waals surface area (Å²) in [7, 11) is 0. The van der Waals surface area contributed by atoms with Gasteiger partial charge >= 0.3 is 20.4 Å². The van der Waals surface area contributed by atoms with Gasteiger partial charge in [0.05, 0.1) is 22.8 Å². The van der Waals surface area contributed by atoms with Crippen LogP contribution in [0, 0.1) is 0 Å². The smallest absolute Gasteiger partial charge is 0.656 e. The predicted molar refractivity (Wildman–Crippen MR) is 391 cm³/mol. The fourth-order valence-corrected chi connectivity index (χ4v) is 14.7. The fraction of sp³-hybridized carbons (Fsp3) is 0.136. The van der Waals surface area contributed by atoms with Gasteiger partial charge in [-0.25, -0.2) is 9.97 Å². The minimum Gasteiger partial charge on any atom is -0.656 e. The van der Waals surface area contributed by atoms with Crippen LogP contribution in [0.1, 0.15) is 101 Å². The van der Waals surface area contributed by atoms with E-state index in [1.807, 2.05) is 0 Å². The Hall–Kier alpha value is -10.0. The van der Waals surface area contributed by atoms with Gasteiger partial charge in [-0.2, -0.15) is 0 Å². The average Bonchev–Trinajstić information content (AvgIpc) is 1.56. The van der Waals surface area contributed by atoms with Crippen molar-refractivity contribution in [3.63, 3.8) is 0 Å². The standard InChI is InChI=1S/C88H68N4.Pd/c1-49(2)53-25-33-57(34-26-53)77-81-69-41-61-17-9-11-19-63(61)43-71(69)83(89-81)78(58-35-27-54(28-36-58)50(3)4)85-73-45-65-21-13-15-23-67(65)47-75(73)87(91-85)80(60-39-31-56(32-40-60)52(7)8)88-76-48-68-24-16-14-22-66(68)46-74(76)86(92-88)79(59-37-29-55(30-38-59)51(5)6)84-72-44-64-20-12-10-18-62(64)42-70(72)82(77)90-84;/h9-52H,1-8H3;/q-2;+2. The maximum atomic E-state index is 6.29. The summed E-state index contributed by atoms with van der Waals surface area (Å²) in [5.74, 6) is 1.32. The maximum Gasteiger partial charge on any atom is 2.00 e. The zero-order chi connectivity index (χ0) is 62.2. The van der Waals surface area contributed by atoms with Crippen LogP contribution in [0.5, 0.6) is 0 Å². The molecule has 0 unspecified atom stereocenters. The summed E-state index contributed by atoms with van der Waals surface area (Å²) in [4.78, 5) is 25.2. The minimum absolute atomic E-state index is 0. The van der Waals surface area contributed by atoms with Crippen molar-refractivity contribution in [1.29, 1.82) is 0 Å². The van der Waals surface area contributed by atoms with Crippen LogP contribution in [-0.4, -0.2) is 9.97 Å². The van der Waals surface area contributed by atoms with Crippen molar-refractivity contribution < 1.29 is 20.4 Å². The van der Waals surface area contributed by atoms with Crippen LogP contribution in [-0.2, 0) is 20.4 Å². The quantitative estimate of drug-likeness (QED) is 0.142. The number of aromatic nitrogens is 4. The van der Waals surface area contributed by atoms with E-state index in [1.165, 1.54) is 22.3 Å². The number of nitrogens with zero attached hydrogens (tertiary/aromatic N) is 4. The third-order valence-electron chi connectivity index (χ3n) is 19.8. The molecular formula is C88H68N4Pd. The van der Waals surface area contributed by atoms with Crippen molar-refractivity contribution in [3.05, 3.63) is 265 Å². The first-order chi connectivity index (χ1) is 44.9. The number of benzene rings is 12. The van der Waals surface area contributed by atoms with Crippen LogP contribution in [0.2, 0.25) is 0 Å².